The van der Waals surface area contributed by atoms with E-state index in [-0.39, 0.29) is 17.0 Å². The molecule has 0 radical (unpaired) electrons. The van der Waals surface area contributed by atoms with E-state index in [0.717, 1.165) is 18.9 Å². The number of hydrogen-bond acceptors (Lipinski definition) is 2. The van der Waals surface area contributed by atoms with Crippen molar-refractivity contribution in [1.29, 1.82) is 0 Å². The van der Waals surface area contributed by atoms with E-state index in [9.17, 15) is 13.2 Å². The fourth-order valence-corrected chi connectivity index (χ4v) is 4.96. The molecule has 1 aromatic rings. The minimum atomic E-state index is -4.40. The van der Waals surface area contributed by atoms with Gasteiger partial charge in [-0.1, -0.05) is 38.1 Å². The van der Waals surface area contributed by atoms with Crippen molar-refractivity contribution in [1.82, 2.24) is 0 Å². The van der Waals surface area contributed by atoms with Crippen molar-refractivity contribution in [3.05, 3.63) is 29.8 Å². The average molecular weight is 324 g/mol. The predicted molar refractivity (Wildman–Crippen MR) is 81.2 cm³/mol. The van der Waals surface area contributed by atoms with Crippen LogP contribution >= 0.6 is 0 Å². The molecule has 1 saturated heterocycles. The van der Waals surface area contributed by atoms with Crippen LogP contribution in [0.15, 0.2) is 24.3 Å². The smallest absolute Gasteiger partial charge is 0.401 e. The van der Waals surface area contributed by atoms with Gasteiger partial charge in [0, 0.05) is 0 Å². The molecule has 3 aliphatic carbocycles. The molecule has 1 aliphatic heterocycles. The minimum Gasteiger partial charge on any atom is -0.401 e. The number of hydrogen-bond donors (Lipinski definition) is 0. The zero-order valence-electron chi connectivity index (χ0n) is 13.5. The Bertz CT molecular complexity index is 645. The van der Waals surface area contributed by atoms with E-state index in [1.54, 1.807) is 6.07 Å². The van der Waals surface area contributed by atoms with Crippen LogP contribution in [0.25, 0.3) is 0 Å². The summed E-state index contributed by atoms with van der Waals surface area (Å²) in [6.45, 7) is 6.47. The van der Waals surface area contributed by atoms with Gasteiger partial charge in [-0.15, -0.1) is 0 Å². The maximum Gasteiger partial charge on any atom is 0.495 e. The minimum absolute atomic E-state index is 0.0885. The molecule has 23 heavy (non-hydrogen) atoms. The molecule has 2 bridgehead atoms. The topological polar surface area (TPSA) is 18.5 Å². The monoisotopic (exact) mass is 324 g/mol. The van der Waals surface area contributed by atoms with Gasteiger partial charge in [0.1, 0.15) is 0 Å². The highest BCUT2D eigenvalue weighted by atomic mass is 19.4. The van der Waals surface area contributed by atoms with E-state index in [0.29, 0.717) is 11.8 Å². The zero-order chi connectivity index (χ0) is 16.6. The van der Waals surface area contributed by atoms with Crippen molar-refractivity contribution in [3.8, 4) is 0 Å². The first-order valence-corrected chi connectivity index (χ1v) is 8.13. The Labute approximate surface area is 134 Å². The molecule has 0 spiro atoms. The van der Waals surface area contributed by atoms with Crippen LogP contribution in [0.2, 0.25) is 0 Å². The van der Waals surface area contributed by atoms with Crippen molar-refractivity contribution in [2.24, 2.45) is 17.3 Å². The molecule has 5 rings (SSSR count). The van der Waals surface area contributed by atoms with Crippen LogP contribution in [0.3, 0.4) is 0 Å². The largest absolute Gasteiger partial charge is 0.495 e. The molecule has 0 amide bonds. The van der Waals surface area contributed by atoms with Crippen molar-refractivity contribution in [2.45, 2.75) is 51.5 Å². The molecule has 1 aromatic carbocycles. The fraction of sp³-hybridized carbons (Fsp3) is 0.647. The van der Waals surface area contributed by atoms with Crippen LogP contribution in [-0.4, -0.2) is 18.8 Å². The second-order valence-corrected chi connectivity index (χ2v) is 7.89. The van der Waals surface area contributed by atoms with Crippen molar-refractivity contribution in [3.63, 3.8) is 0 Å². The highest BCUT2D eigenvalue weighted by Gasteiger charge is 2.68. The van der Waals surface area contributed by atoms with Gasteiger partial charge in [-0.3, -0.25) is 0 Å². The molecule has 0 aromatic heterocycles. The van der Waals surface area contributed by atoms with Crippen molar-refractivity contribution in [2.75, 3.05) is 0 Å². The molecule has 4 atom stereocenters. The van der Waals surface area contributed by atoms with Gasteiger partial charge in [0.05, 0.1) is 17.3 Å². The lowest BCUT2D eigenvalue weighted by Crippen LogP contribution is -2.65. The van der Waals surface area contributed by atoms with Gasteiger partial charge >= 0.3 is 13.3 Å². The first-order valence-electron chi connectivity index (χ1n) is 8.13. The lowest BCUT2D eigenvalue weighted by molar-refractivity contribution is -0.199. The third-order valence-electron chi connectivity index (χ3n) is 6.47. The summed E-state index contributed by atoms with van der Waals surface area (Å²) in [6.07, 6.45) is -2.58. The molecular weight excluding hydrogens is 304 g/mol. The first-order chi connectivity index (χ1) is 10.6. The molecular formula is C17H20BF3O2. The third-order valence-corrected chi connectivity index (χ3v) is 6.47. The second-order valence-electron chi connectivity index (χ2n) is 7.89. The quantitative estimate of drug-likeness (QED) is 0.735. The summed E-state index contributed by atoms with van der Waals surface area (Å²) in [7, 11) is -0.932. The Morgan fingerprint density at radius 2 is 1.83 bits per heavy atom. The molecule has 6 heteroatoms. The summed E-state index contributed by atoms with van der Waals surface area (Å²) in [5.41, 5.74) is -0.904. The van der Waals surface area contributed by atoms with E-state index >= 15 is 0 Å². The van der Waals surface area contributed by atoms with Crippen molar-refractivity contribution < 1.29 is 22.5 Å². The van der Waals surface area contributed by atoms with E-state index < -0.39 is 24.5 Å². The summed E-state index contributed by atoms with van der Waals surface area (Å²) in [5, 5.41) is 0. The normalized spacial score (nSPS) is 38.2. The highest BCUT2D eigenvalue weighted by Crippen LogP contribution is 2.65. The Morgan fingerprint density at radius 1 is 1.13 bits per heavy atom. The van der Waals surface area contributed by atoms with Crippen LogP contribution in [0.5, 0.6) is 0 Å². The van der Waals surface area contributed by atoms with Gasteiger partial charge in [0.25, 0.3) is 0 Å². The zero-order valence-corrected chi connectivity index (χ0v) is 13.5. The number of benzene rings is 1. The van der Waals surface area contributed by atoms with Crippen LogP contribution in [0, 0.1) is 17.3 Å². The molecule has 0 N–H and O–H groups in total. The predicted octanol–water partition coefficient (Wildman–Crippen LogP) is 3.64. The molecule has 124 valence electrons. The molecule has 3 saturated carbocycles. The number of halogens is 3. The fourth-order valence-electron chi connectivity index (χ4n) is 4.96. The summed E-state index contributed by atoms with van der Waals surface area (Å²) >= 11 is 0. The van der Waals surface area contributed by atoms with Crippen LogP contribution in [0.1, 0.15) is 39.2 Å². The Kier molecular flexibility index (Phi) is 3.06. The van der Waals surface area contributed by atoms with E-state index in [1.807, 2.05) is 6.92 Å². The average Bonchev–Trinajstić information content (AvgIpc) is 2.83. The lowest BCUT2D eigenvalue weighted by atomic mass is 9.43. The summed E-state index contributed by atoms with van der Waals surface area (Å²) in [5.74, 6) is 0.910. The first kappa shape index (κ1) is 15.5. The van der Waals surface area contributed by atoms with Gasteiger partial charge in [-0.25, -0.2) is 0 Å². The maximum atomic E-state index is 13.3. The lowest BCUT2D eigenvalue weighted by Gasteiger charge is -2.64. The molecule has 4 aliphatic rings. The molecule has 1 heterocycles. The maximum absolute atomic E-state index is 13.3. The number of rotatable bonds is 1. The van der Waals surface area contributed by atoms with Gasteiger partial charge in [0.2, 0.25) is 0 Å². The van der Waals surface area contributed by atoms with Crippen LogP contribution < -0.4 is 5.46 Å². The van der Waals surface area contributed by atoms with Crippen molar-refractivity contribution >= 4 is 12.6 Å². The SMILES string of the molecule is CC1(C)[C@@H]2C[C@H]3OB(c4ccccc4C(F)(F)F)OC3(C)[C@H]1C2. The van der Waals surface area contributed by atoms with E-state index in [4.69, 9.17) is 9.31 Å². The van der Waals surface area contributed by atoms with Crippen LogP contribution in [-0.2, 0) is 15.5 Å². The Hall–Kier alpha value is -1.01. The standard InChI is InChI=1S/C17H20BF3O2/c1-15(2)10-8-13(15)16(3)14(9-10)22-18(23-16)12-7-5-4-6-11(12)17(19,20)21/h4-7,10,13-14H,8-9H2,1-3H3/t10-,13-,14+,16?/m0/s1. The second kappa shape index (κ2) is 4.54. The van der Waals surface area contributed by atoms with Gasteiger partial charge < -0.3 is 9.31 Å². The Morgan fingerprint density at radius 3 is 2.48 bits per heavy atom. The molecule has 1 unspecified atom stereocenters. The van der Waals surface area contributed by atoms with Crippen LogP contribution in [0.4, 0.5) is 13.2 Å². The third kappa shape index (κ3) is 2.04. The molecule has 2 nitrogen and oxygen atoms in total. The summed E-state index contributed by atoms with van der Waals surface area (Å²) in [4.78, 5) is 0. The number of alkyl halides is 3. The highest BCUT2D eigenvalue weighted by molar-refractivity contribution is 6.62. The summed E-state index contributed by atoms with van der Waals surface area (Å²) in [6, 6.07) is 5.56. The summed E-state index contributed by atoms with van der Waals surface area (Å²) < 4.78 is 51.9. The van der Waals surface area contributed by atoms with E-state index in [2.05, 4.69) is 13.8 Å². The van der Waals surface area contributed by atoms with Gasteiger partial charge in [-0.05, 0) is 42.5 Å². The Balaban J connectivity index is 1.68. The van der Waals surface area contributed by atoms with Gasteiger partial charge in [-0.2, -0.15) is 13.2 Å². The van der Waals surface area contributed by atoms with E-state index in [1.165, 1.54) is 12.1 Å². The van der Waals surface area contributed by atoms with Gasteiger partial charge in [0.15, 0.2) is 0 Å². The molecule has 4 fully saturated rings.